The molecular formula is C30H24N2O4. The minimum Gasteiger partial charge on any atom is -0.505 e. The highest BCUT2D eigenvalue weighted by Gasteiger charge is 2.33. The number of carbonyl (C=O) groups is 2. The van der Waals surface area contributed by atoms with Crippen LogP contribution in [0.4, 0.5) is 17.1 Å². The number of carboxylic acids is 1. The molecule has 0 aliphatic carbocycles. The lowest BCUT2D eigenvalue weighted by Crippen LogP contribution is -2.21. The Labute approximate surface area is 208 Å². The van der Waals surface area contributed by atoms with Crippen molar-refractivity contribution in [3.63, 3.8) is 0 Å². The zero-order chi connectivity index (χ0) is 25.4. The molecule has 6 heteroatoms. The van der Waals surface area contributed by atoms with Crippen LogP contribution in [-0.2, 0) is 4.79 Å². The third-order valence-corrected chi connectivity index (χ3v) is 6.16. The first-order valence-electron chi connectivity index (χ1n) is 11.5. The van der Waals surface area contributed by atoms with Gasteiger partial charge in [0.15, 0.2) is 0 Å². The number of fused-ring (bicyclic) bond motifs is 1. The molecule has 4 aromatic carbocycles. The number of benzene rings is 4. The van der Waals surface area contributed by atoms with Crippen molar-refractivity contribution in [3.05, 3.63) is 113 Å². The predicted molar refractivity (Wildman–Crippen MR) is 142 cm³/mol. The van der Waals surface area contributed by atoms with E-state index in [-0.39, 0.29) is 17.2 Å². The number of carbonyl (C=O) groups excluding carboxylic acids is 1. The van der Waals surface area contributed by atoms with Crippen molar-refractivity contribution in [3.8, 4) is 16.9 Å². The molecule has 1 aliphatic rings. The number of para-hydroxylation sites is 2. The molecule has 0 aromatic heterocycles. The van der Waals surface area contributed by atoms with Crippen LogP contribution < -0.4 is 10.2 Å². The van der Waals surface area contributed by atoms with Crippen molar-refractivity contribution in [1.82, 2.24) is 0 Å². The zero-order valence-electron chi connectivity index (χ0n) is 19.8. The van der Waals surface area contributed by atoms with Crippen molar-refractivity contribution in [2.45, 2.75) is 13.8 Å². The molecule has 1 amide bonds. The first kappa shape index (κ1) is 22.9. The van der Waals surface area contributed by atoms with E-state index in [9.17, 15) is 19.8 Å². The van der Waals surface area contributed by atoms with Gasteiger partial charge >= 0.3 is 5.97 Å². The Balaban J connectivity index is 1.52. The van der Waals surface area contributed by atoms with Crippen LogP contribution in [0.25, 0.3) is 16.7 Å². The molecule has 4 aromatic rings. The van der Waals surface area contributed by atoms with Crippen LogP contribution in [0.1, 0.15) is 27.0 Å². The van der Waals surface area contributed by atoms with Gasteiger partial charge in [0.05, 0.1) is 28.2 Å². The van der Waals surface area contributed by atoms with E-state index in [1.807, 2.05) is 62.4 Å². The molecule has 36 heavy (non-hydrogen) atoms. The fourth-order valence-electron chi connectivity index (χ4n) is 4.59. The highest BCUT2D eigenvalue weighted by Crippen LogP contribution is 2.42. The van der Waals surface area contributed by atoms with Gasteiger partial charge in [-0.25, -0.2) is 4.79 Å². The molecular weight excluding hydrogens is 452 g/mol. The minimum absolute atomic E-state index is 0.0871. The van der Waals surface area contributed by atoms with Crippen LogP contribution in [0.15, 0.2) is 91.1 Å². The average molecular weight is 477 g/mol. The summed E-state index contributed by atoms with van der Waals surface area (Å²) in [5.74, 6) is -1.27. The molecule has 0 saturated heterocycles. The maximum atomic E-state index is 13.5. The minimum atomic E-state index is -1.06. The predicted octanol–water partition coefficient (Wildman–Crippen LogP) is 6.51. The third kappa shape index (κ3) is 4.09. The normalized spacial score (nSPS) is 13.7. The summed E-state index contributed by atoms with van der Waals surface area (Å²) in [4.78, 5) is 26.5. The fourth-order valence-corrected chi connectivity index (χ4v) is 4.59. The quantitative estimate of drug-likeness (QED) is 0.226. The van der Waals surface area contributed by atoms with Gasteiger partial charge < -0.3 is 15.5 Å². The highest BCUT2D eigenvalue weighted by atomic mass is 16.4. The van der Waals surface area contributed by atoms with E-state index in [0.29, 0.717) is 33.8 Å². The topological polar surface area (TPSA) is 89.9 Å². The smallest absolute Gasteiger partial charge is 0.335 e. The number of amides is 1. The summed E-state index contributed by atoms with van der Waals surface area (Å²) < 4.78 is 0. The molecule has 1 heterocycles. The Morgan fingerprint density at radius 1 is 0.861 bits per heavy atom. The number of hydrogen-bond donors (Lipinski definition) is 3. The summed E-state index contributed by atoms with van der Waals surface area (Å²) in [5.41, 5.74) is 6.61. The summed E-state index contributed by atoms with van der Waals surface area (Å²) in [7, 11) is 0. The number of phenols is 1. The molecule has 0 fully saturated rings. The Morgan fingerprint density at radius 3 is 2.31 bits per heavy atom. The maximum Gasteiger partial charge on any atom is 0.335 e. The van der Waals surface area contributed by atoms with Gasteiger partial charge in [-0.2, -0.15) is 0 Å². The first-order chi connectivity index (χ1) is 17.3. The van der Waals surface area contributed by atoms with Crippen molar-refractivity contribution in [2.75, 3.05) is 10.2 Å². The average Bonchev–Trinajstić information content (AvgIpc) is 3.14. The molecule has 0 atom stereocenters. The van der Waals surface area contributed by atoms with Crippen LogP contribution >= 0.6 is 0 Å². The van der Waals surface area contributed by atoms with E-state index in [2.05, 4.69) is 11.4 Å². The second kappa shape index (κ2) is 9.07. The summed E-state index contributed by atoms with van der Waals surface area (Å²) in [5, 5.41) is 23.5. The van der Waals surface area contributed by atoms with E-state index >= 15 is 0 Å². The monoisotopic (exact) mass is 476 g/mol. The zero-order valence-corrected chi connectivity index (χ0v) is 19.8. The molecule has 3 N–H and O–H groups in total. The van der Waals surface area contributed by atoms with Crippen LogP contribution in [0.5, 0.6) is 5.75 Å². The number of carboxylic acid groups (broad SMARTS) is 1. The Bertz CT molecular complexity index is 1530. The van der Waals surface area contributed by atoms with Crippen molar-refractivity contribution >= 4 is 34.5 Å². The number of aromatic hydroxyl groups is 1. The van der Waals surface area contributed by atoms with Crippen LogP contribution in [0, 0.1) is 13.8 Å². The number of nitrogens with one attached hydrogen (secondary N) is 1. The largest absolute Gasteiger partial charge is 0.505 e. The second-order valence-electron chi connectivity index (χ2n) is 8.79. The Hall–Kier alpha value is -4.84. The highest BCUT2D eigenvalue weighted by molar-refractivity contribution is 6.35. The molecule has 0 radical (unpaired) electrons. The second-order valence-corrected chi connectivity index (χ2v) is 8.79. The number of rotatable bonds is 5. The number of hydrogen-bond acceptors (Lipinski definition) is 4. The third-order valence-electron chi connectivity index (χ3n) is 6.16. The van der Waals surface area contributed by atoms with Crippen LogP contribution in [0.2, 0.25) is 0 Å². The molecule has 0 bridgehead atoms. The van der Waals surface area contributed by atoms with Gasteiger partial charge in [-0.1, -0.05) is 65.7 Å². The first-order valence-corrected chi connectivity index (χ1v) is 11.5. The van der Waals surface area contributed by atoms with Crippen molar-refractivity contribution in [2.24, 2.45) is 0 Å². The molecule has 1 aliphatic heterocycles. The van der Waals surface area contributed by atoms with E-state index in [4.69, 9.17) is 0 Å². The van der Waals surface area contributed by atoms with Gasteiger partial charge in [-0.3, -0.25) is 9.69 Å². The van der Waals surface area contributed by atoms with Gasteiger partial charge in [-0.05, 0) is 49.7 Å². The molecule has 0 spiro atoms. The van der Waals surface area contributed by atoms with E-state index in [0.717, 1.165) is 16.7 Å². The summed E-state index contributed by atoms with van der Waals surface area (Å²) in [6.45, 7) is 4.03. The van der Waals surface area contributed by atoms with E-state index in [1.54, 1.807) is 24.4 Å². The van der Waals surface area contributed by atoms with Crippen molar-refractivity contribution in [1.29, 1.82) is 0 Å². The van der Waals surface area contributed by atoms with Gasteiger partial charge in [0.1, 0.15) is 5.75 Å². The molecule has 0 unspecified atom stereocenters. The van der Waals surface area contributed by atoms with Gasteiger partial charge in [0, 0.05) is 17.3 Å². The maximum absolute atomic E-state index is 13.5. The lowest BCUT2D eigenvalue weighted by atomic mass is 9.99. The lowest BCUT2D eigenvalue weighted by Gasteiger charge is -2.17. The van der Waals surface area contributed by atoms with E-state index < -0.39 is 5.97 Å². The van der Waals surface area contributed by atoms with Crippen LogP contribution in [0.3, 0.4) is 0 Å². The van der Waals surface area contributed by atoms with Gasteiger partial charge in [0.25, 0.3) is 5.91 Å². The molecule has 0 saturated carbocycles. The molecule has 5 rings (SSSR count). The number of phenolic OH excluding ortho intramolecular Hbond substituents is 1. The molecule has 6 nitrogen and oxygen atoms in total. The van der Waals surface area contributed by atoms with Crippen LogP contribution in [-0.4, -0.2) is 22.1 Å². The fraction of sp³-hybridized carbons (Fsp3) is 0.0667. The Kier molecular flexibility index (Phi) is 5.78. The Morgan fingerprint density at radius 2 is 1.56 bits per heavy atom. The van der Waals surface area contributed by atoms with Gasteiger partial charge in [0.2, 0.25) is 0 Å². The van der Waals surface area contributed by atoms with Crippen molar-refractivity contribution < 1.29 is 19.8 Å². The SMILES string of the molecule is Cc1cc(C)cc(-c2cccc(NC=C3C(=O)N(c4cccc(C(=O)O)c4)c4ccccc43)c2O)c1. The summed E-state index contributed by atoms with van der Waals surface area (Å²) in [6, 6.07) is 25.2. The number of nitrogens with zero attached hydrogens (tertiary/aromatic N) is 1. The number of aryl methyl sites for hydroxylation is 2. The molecule has 178 valence electrons. The summed E-state index contributed by atoms with van der Waals surface area (Å²) in [6.07, 6.45) is 1.59. The lowest BCUT2D eigenvalue weighted by molar-refractivity contribution is -0.112. The van der Waals surface area contributed by atoms with Gasteiger partial charge in [-0.15, -0.1) is 0 Å². The standard InChI is InChI=1S/C30H24N2O4/c1-18-13-19(2)15-21(14-18)23-10-6-11-26(28(23)33)31-17-25-24-9-3-4-12-27(24)32(29(25)34)22-8-5-7-20(16-22)30(35)36/h3-17,31,33H,1-2H3,(H,35,36). The number of aromatic carboxylic acids is 1. The van der Waals surface area contributed by atoms with E-state index in [1.165, 1.54) is 17.0 Å². The number of anilines is 3. The summed E-state index contributed by atoms with van der Waals surface area (Å²) >= 11 is 0.